The Morgan fingerprint density at radius 3 is 2.88 bits per heavy atom. The molecule has 3 N–H and O–H groups in total. The number of nitrogens with zero attached hydrogens (tertiary/aromatic N) is 4. The number of nitrogens with two attached hydrogens (primary N) is 1. The van der Waals surface area contributed by atoms with Crippen LogP contribution in [0.15, 0.2) is 36.7 Å². The summed E-state index contributed by atoms with van der Waals surface area (Å²) in [6.45, 7) is 2.36. The third kappa shape index (κ3) is 3.12. The van der Waals surface area contributed by atoms with Crippen molar-refractivity contribution in [2.75, 3.05) is 32.7 Å². The largest absolute Gasteiger partial charge is 0.383 e. The van der Waals surface area contributed by atoms with Crippen LogP contribution in [0, 0.1) is 0 Å². The van der Waals surface area contributed by atoms with Crippen molar-refractivity contribution >= 4 is 27.6 Å². The molecule has 3 aromatic heterocycles. The van der Waals surface area contributed by atoms with Crippen LogP contribution in [0.25, 0.3) is 33.1 Å². The van der Waals surface area contributed by atoms with E-state index in [1.165, 1.54) is 0 Å². The van der Waals surface area contributed by atoms with Gasteiger partial charge in [-0.25, -0.2) is 4.98 Å². The van der Waals surface area contributed by atoms with Gasteiger partial charge in [-0.2, -0.15) is 10.2 Å². The number of fused-ring (bicyclic) bond motifs is 3. The van der Waals surface area contributed by atoms with Gasteiger partial charge in [0.05, 0.1) is 43.0 Å². The van der Waals surface area contributed by atoms with Crippen molar-refractivity contribution in [2.45, 2.75) is 6.54 Å². The molecule has 1 aromatic carbocycles. The highest BCUT2D eigenvalue weighted by Crippen LogP contribution is 2.29. The lowest BCUT2D eigenvalue weighted by atomic mass is 10.1. The molecular formula is C18H20N6O2. The van der Waals surface area contributed by atoms with Crippen LogP contribution >= 0.6 is 0 Å². The molecule has 0 aliphatic rings. The summed E-state index contributed by atoms with van der Waals surface area (Å²) in [5, 5.41) is 13.4. The van der Waals surface area contributed by atoms with E-state index in [9.17, 15) is 0 Å². The molecular weight excluding hydrogens is 332 g/mol. The van der Waals surface area contributed by atoms with E-state index in [2.05, 4.69) is 20.3 Å². The Bertz CT molecular complexity index is 1030. The first-order valence-corrected chi connectivity index (χ1v) is 8.39. The zero-order valence-electron chi connectivity index (χ0n) is 14.5. The normalized spacial score (nSPS) is 11.6. The van der Waals surface area contributed by atoms with E-state index < -0.39 is 0 Å². The van der Waals surface area contributed by atoms with Gasteiger partial charge in [-0.05, 0) is 18.2 Å². The summed E-state index contributed by atoms with van der Waals surface area (Å²) < 4.78 is 12.3. The van der Waals surface area contributed by atoms with Gasteiger partial charge in [0.15, 0.2) is 0 Å². The second-order valence-corrected chi connectivity index (χ2v) is 5.96. The number of rotatable bonds is 7. The average molecular weight is 352 g/mol. The molecule has 0 saturated heterocycles. The van der Waals surface area contributed by atoms with Gasteiger partial charge < -0.3 is 15.2 Å². The van der Waals surface area contributed by atoms with Gasteiger partial charge in [0.1, 0.15) is 11.3 Å². The average Bonchev–Trinajstić information content (AvgIpc) is 3.31. The SMILES string of the molecule is COCCOCCn1cc2c(N)nc3cc(-c4ccn[nH]4)ccc3c2n1. The topological polar surface area (TPSA) is 104 Å². The third-order valence-corrected chi connectivity index (χ3v) is 4.24. The van der Waals surface area contributed by atoms with Crippen LogP contribution in [0.1, 0.15) is 0 Å². The number of H-pyrrole nitrogens is 1. The molecule has 8 nitrogen and oxygen atoms in total. The van der Waals surface area contributed by atoms with Crippen LogP contribution in [0.2, 0.25) is 0 Å². The van der Waals surface area contributed by atoms with E-state index in [4.69, 9.17) is 15.2 Å². The maximum atomic E-state index is 6.17. The van der Waals surface area contributed by atoms with Crippen molar-refractivity contribution in [3.8, 4) is 11.3 Å². The third-order valence-electron chi connectivity index (χ3n) is 4.24. The summed E-state index contributed by atoms with van der Waals surface area (Å²) in [7, 11) is 1.65. The molecule has 0 aliphatic carbocycles. The minimum atomic E-state index is 0.473. The molecule has 134 valence electrons. The molecule has 0 spiro atoms. The predicted molar refractivity (Wildman–Crippen MR) is 99.7 cm³/mol. The Kier molecular flexibility index (Phi) is 4.51. The minimum absolute atomic E-state index is 0.473. The lowest BCUT2D eigenvalue weighted by Crippen LogP contribution is -2.09. The Labute approximate surface area is 149 Å². The maximum absolute atomic E-state index is 6.17. The monoisotopic (exact) mass is 352 g/mol. The second kappa shape index (κ2) is 7.11. The van der Waals surface area contributed by atoms with Gasteiger partial charge >= 0.3 is 0 Å². The Balaban J connectivity index is 1.66. The molecule has 0 fully saturated rings. The number of anilines is 1. The predicted octanol–water partition coefficient (Wildman–Crippen LogP) is 2.22. The Morgan fingerprint density at radius 2 is 2.08 bits per heavy atom. The Morgan fingerprint density at radius 1 is 1.15 bits per heavy atom. The summed E-state index contributed by atoms with van der Waals surface area (Å²) in [4.78, 5) is 4.55. The highest BCUT2D eigenvalue weighted by atomic mass is 16.5. The van der Waals surface area contributed by atoms with Gasteiger partial charge in [0.2, 0.25) is 0 Å². The van der Waals surface area contributed by atoms with Crippen LogP contribution in [-0.4, -0.2) is 51.9 Å². The van der Waals surface area contributed by atoms with Crippen molar-refractivity contribution in [1.82, 2.24) is 25.0 Å². The number of benzene rings is 1. The quantitative estimate of drug-likeness (QED) is 0.494. The fraction of sp³-hybridized carbons (Fsp3) is 0.278. The first kappa shape index (κ1) is 16.5. The van der Waals surface area contributed by atoms with E-state index >= 15 is 0 Å². The lowest BCUT2D eigenvalue weighted by Gasteiger charge is -2.04. The molecule has 3 heterocycles. The molecule has 0 atom stereocenters. The molecule has 0 unspecified atom stereocenters. The van der Waals surface area contributed by atoms with E-state index in [1.54, 1.807) is 13.3 Å². The molecule has 0 amide bonds. The minimum Gasteiger partial charge on any atom is -0.383 e. The van der Waals surface area contributed by atoms with E-state index in [0.29, 0.717) is 32.2 Å². The van der Waals surface area contributed by atoms with Gasteiger partial charge in [0, 0.05) is 30.5 Å². The number of ether oxygens (including phenoxy) is 2. The van der Waals surface area contributed by atoms with E-state index in [0.717, 1.165) is 33.1 Å². The number of aromatic amines is 1. The Hall–Kier alpha value is -2.97. The number of nitrogens with one attached hydrogen (secondary N) is 1. The van der Waals surface area contributed by atoms with Crippen LogP contribution in [0.3, 0.4) is 0 Å². The number of methoxy groups -OCH3 is 1. The van der Waals surface area contributed by atoms with Crippen LogP contribution in [-0.2, 0) is 16.0 Å². The number of hydrogen-bond acceptors (Lipinski definition) is 6. The molecule has 0 bridgehead atoms. The fourth-order valence-electron chi connectivity index (χ4n) is 2.92. The zero-order chi connectivity index (χ0) is 17.9. The molecule has 4 rings (SSSR count). The number of hydrogen-bond donors (Lipinski definition) is 2. The molecule has 4 aromatic rings. The molecule has 0 aliphatic heterocycles. The van der Waals surface area contributed by atoms with Crippen molar-refractivity contribution in [3.63, 3.8) is 0 Å². The van der Waals surface area contributed by atoms with Crippen LogP contribution in [0.4, 0.5) is 5.82 Å². The van der Waals surface area contributed by atoms with Gasteiger partial charge in [-0.3, -0.25) is 9.78 Å². The fourth-order valence-corrected chi connectivity index (χ4v) is 2.92. The van der Waals surface area contributed by atoms with Crippen molar-refractivity contribution in [3.05, 3.63) is 36.7 Å². The van der Waals surface area contributed by atoms with E-state index in [-0.39, 0.29) is 0 Å². The number of nitrogen functional groups attached to an aromatic ring is 1. The zero-order valence-corrected chi connectivity index (χ0v) is 14.5. The lowest BCUT2D eigenvalue weighted by molar-refractivity contribution is 0.0655. The van der Waals surface area contributed by atoms with Gasteiger partial charge in [-0.1, -0.05) is 6.07 Å². The molecule has 0 saturated carbocycles. The van der Waals surface area contributed by atoms with Gasteiger partial charge in [0.25, 0.3) is 0 Å². The van der Waals surface area contributed by atoms with Gasteiger partial charge in [-0.15, -0.1) is 0 Å². The highest BCUT2D eigenvalue weighted by Gasteiger charge is 2.12. The summed E-state index contributed by atoms with van der Waals surface area (Å²) in [5.74, 6) is 0.473. The van der Waals surface area contributed by atoms with Crippen molar-refractivity contribution in [2.24, 2.45) is 0 Å². The smallest absolute Gasteiger partial charge is 0.135 e. The molecule has 0 radical (unpaired) electrons. The summed E-state index contributed by atoms with van der Waals surface area (Å²) in [6, 6.07) is 7.96. The van der Waals surface area contributed by atoms with Crippen molar-refractivity contribution in [1.29, 1.82) is 0 Å². The van der Waals surface area contributed by atoms with Crippen LogP contribution < -0.4 is 5.73 Å². The molecule has 8 heteroatoms. The summed E-state index contributed by atoms with van der Waals surface area (Å²) in [6.07, 6.45) is 3.64. The first-order valence-electron chi connectivity index (χ1n) is 8.39. The first-order chi connectivity index (χ1) is 12.8. The summed E-state index contributed by atoms with van der Waals surface area (Å²) in [5.41, 5.74) is 9.77. The van der Waals surface area contributed by atoms with Crippen molar-refractivity contribution < 1.29 is 9.47 Å². The maximum Gasteiger partial charge on any atom is 0.135 e. The second-order valence-electron chi connectivity index (χ2n) is 5.96. The summed E-state index contributed by atoms with van der Waals surface area (Å²) >= 11 is 0. The van der Waals surface area contributed by atoms with Crippen LogP contribution in [0.5, 0.6) is 0 Å². The number of aromatic nitrogens is 5. The number of pyridine rings is 1. The highest BCUT2D eigenvalue weighted by molar-refractivity contribution is 6.08. The standard InChI is InChI=1S/C18H20N6O2/c1-25-8-9-26-7-6-24-11-14-17(23-24)13-3-2-12(15-4-5-20-22-15)10-16(13)21-18(14)19/h2-5,10-11H,6-9H2,1H3,(H2,19,21)(H,20,22). The van der Waals surface area contributed by atoms with E-state index in [1.807, 2.05) is 35.1 Å². The molecule has 26 heavy (non-hydrogen) atoms.